The molecule has 7 heteroatoms. The van der Waals surface area contributed by atoms with Crippen LogP contribution in [0.2, 0.25) is 0 Å². The minimum Gasteiger partial charge on any atom is -0.334 e. The van der Waals surface area contributed by atoms with Crippen LogP contribution in [0.5, 0.6) is 0 Å². The molecule has 1 heterocycles. The average Bonchev–Trinajstić information content (AvgIpc) is 3.12. The third-order valence-electron chi connectivity index (χ3n) is 3.25. The second-order valence-corrected chi connectivity index (χ2v) is 7.07. The topological polar surface area (TPSA) is 55.2 Å². The van der Waals surface area contributed by atoms with Crippen molar-refractivity contribution in [2.24, 2.45) is 0 Å². The van der Waals surface area contributed by atoms with Gasteiger partial charge in [-0.15, -0.1) is 11.6 Å². The normalized spacial score (nSPS) is 16.2. The maximum Gasteiger partial charge on any atom is 0.262 e. The molecule has 0 unspecified atom stereocenters. The molecule has 5 nitrogen and oxygen atoms in total. The Morgan fingerprint density at radius 3 is 2.74 bits per heavy atom. The van der Waals surface area contributed by atoms with Crippen molar-refractivity contribution in [1.82, 2.24) is 13.9 Å². The van der Waals surface area contributed by atoms with E-state index in [-0.39, 0.29) is 11.1 Å². The molecule has 0 N–H and O–H groups in total. The summed E-state index contributed by atoms with van der Waals surface area (Å²) in [6, 6.07) is 0.111. The summed E-state index contributed by atoms with van der Waals surface area (Å²) < 4.78 is 28.5. The molecule has 1 aromatic heterocycles. The summed E-state index contributed by atoms with van der Waals surface area (Å²) in [4.78, 5) is 4.20. The summed E-state index contributed by atoms with van der Waals surface area (Å²) in [7, 11) is -3.50. The predicted molar refractivity (Wildman–Crippen MR) is 74.9 cm³/mol. The molecule has 0 radical (unpaired) electrons. The van der Waals surface area contributed by atoms with E-state index in [1.165, 1.54) is 4.31 Å². The Kier molecular flexibility index (Phi) is 4.53. The van der Waals surface area contributed by atoms with Crippen LogP contribution < -0.4 is 0 Å². The molecule has 0 aliphatic heterocycles. The molecule has 0 aromatic carbocycles. The molecule has 1 aliphatic carbocycles. The van der Waals surface area contributed by atoms with Crippen LogP contribution in [0.25, 0.3) is 0 Å². The fraction of sp³-hybridized carbons (Fsp3) is 0.750. The lowest BCUT2D eigenvalue weighted by Crippen LogP contribution is -2.35. The van der Waals surface area contributed by atoms with Crippen LogP contribution in [0.1, 0.15) is 32.0 Å². The van der Waals surface area contributed by atoms with Crippen LogP contribution in [-0.4, -0.2) is 40.7 Å². The van der Waals surface area contributed by atoms with E-state index in [0.29, 0.717) is 12.4 Å². The number of rotatable bonds is 7. The molecule has 0 spiro atoms. The van der Waals surface area contributed by atoms with E-state index >= 15 is 0 Å². The largest absolute Gasteiger partial charge is 0.334 e. The van der Waals surface area contributed by atoms with Gasteiger partial charge in [0.2, 0.25) is 0 Å². The molecule has 2 rings (SSSR count). The number of aryl methyl sites for hydroxylation is 2. The minimum absolute atomic E-state index is 0.111. The van der Waals surface area contributed by atoms with E-state index in [1.54, 1.807) is 6.20 Å². The van der Waals surface area contributed by atoms with E-state index in [4.69, 9.17) is 11.6 Å². The van der Waals surface area contributed by atoms with Crippen LogP contribution >= 0.6 is 11.6 Å². The van der Waals surface area contributed by atoms with Gasteiger partial charge >= 0.3 is 0 Å². The van der Waals surface area contributed by atoms with Crippen LogP contribution in [0, 0.1) is 6.92 Å². The molecule has 1 aliphatic rings. The number of nitrogens with zero attached hydrogens (tertiary/aromatic N) is 3. The molecule has 0 atom stereocenters. The molecule has 0 bridgehead atoms. The smallest absolute Gasteiger partial charge is 0.262 e. The highest BCUT2D eigenvalue weighted by Crippen LogP contribution is 2.31. The molecule has 108 valence electrons. The second kappa shape index (κ2) is 5.81. The Morgan fingerprint density at radius 2 is 2.21 bits per heavy atom. The highest BCUT2D eigenvalue weighted by atomic mass is 35.5. The maximum atomic E-state index is 12.6. The molecule has 1 saturated carbocycles. The SMILES string of the molecule is CCCn1cc(S(=O)(=O)N(CCCl)C2CC2)nc1C. The minimum atomic E-state index is -3.50. The Labute approximate surface area is 119 Å². The van der Waals surface area contributed by atoms with Crippen LogP contribution in [-0.2, 0) is 16.6 Å². The Balaban J connectivity index is 2.29. The lowest BCUT2D eigenvalue weighted by atomic mass is 10.5. The summed E-state index contributed by atoms with van der Waals surface area (Å²) >= 11 is 5.72. The molecular formula is C12H20ClN3O2S. The highest BCUT2D eigenvalue weighted by molar-refractivity contribution is 7.89. The Hall–Kier alpha value is -0.590. The van der Waals surface area contributed by atoms with E-state index < -0.39 is 10.0 Å². The lowest BCUT2D eigenvalue weighted by molar-refractivity contribution is 0.420. The zero-order chi connectivity index (χ0) is 14.0. The summed E-state index contributed by atoms with van der Waals surface area (Å²) in [6.45, 7) is 5.02. The zero-order valence-electron chi connectivity index (χ0n) is 11.3. The Bertz CT molecular complexity index is 537. The van der Waals surface area contributed by atoms with Gasteiger partial charge in [-0.05, 0) is 26.2 Å². The quantitative estimate of drug-likeness (QED) is 0.724. The summed E-state index contributed by atoms with van der Waals surface area (Å²) in [5.74, 6) is 1.05. The second-order valence-electron chi connectivity index (χ2n) is 4.86. The van der Waals surface area contributed by atoms with Gasteiger partial charge in [0.1, 0.15) is 5.82 Å². The number of alkyl halides is 1. The molecule has 1 aromatic rings. The summed E-state index contributed by atoms with van der Waals surface area (Å²) in [5.41, 5.74) is 0. The van der Waals surface area contributed by atoms with Gasteiger partial charge in [0, 0.05) is 31.2 Å². The summed E-state index contributed by atoms with van der Waals surface area (Å²) in [5, 5.41) is 0.149. The van der Waals surface area contributed by atoms with Crippen molar-refractivity contribution in [3.8, 4) is 0 Å². The third-order valence-corrected chi connectivity index (χ3v) is 5.24. The fourth-order valence-electron chi connectivity index (χ4n) is 2.14. The van der Waals surface area contributed by atoms with E-state index in [0.717, 1.165) is 31.6 Å². The molecular weight excluding hydrogens is 286 g/mol. The van der Waals surface area contributed by atoms with Crippen LogP contribution in [0.3, 0.4) is 0 Å². The van der Waals surface area contributed by atoms with Crippen molar-refractivity contribution in [3.05, 3.63) is 12.0 Å². The standard InChI is InChI=1S/C12H20ClN3O2S/c1-3-7-15-9-12(14-10(15)2)19(17,18)16(8-6-13)11-4-5-11/h9,11H,3-8H2,1-2H3. The number of hydrogen-bond acceptors (Lipinski definition) is 3. The van der Waals surface area contributed by atoms with Gasteiger partial charge in [-0.2, -0.15) is 4.31 Å². The van der Waals surface area contributed by atoms with Gasteiger partial charge in [0.25, 0.3) is 10.0 Å². The first-order valence-electron chi connectivity index (χ1n) is 6.62. The predicted octanol–water partition coefficient (Wildman–Crippen LogP) is 1.99. The fourth-order valence-corrected chi connectivity index (χ4v) is 4.10. The number of aromatic nitrogens is 2. The van der Waals surface area contributed by atoms with Crippen LogP contribution in [0.15, 0.2) is 11.2 Å². The molecule has 1 fully saturated rings. The monoisotopic (exact) mass is 305 g/mol. The first-order valence-corrected chi connectivity index (χ1v) is 8.59. The third kappa shape index (κ3) is 3.12. The molecule has 0 amide bonds. The van der Waals surface area contributed by atoms with Crippen molar-refractivity contribution in [2.45, 2.75) is 50.7 Å². The van der Waals surface area contributed by atoms with Gasteiger partial charge in [0.15, 0.2) is 5.03 Å². The van der Waals surface area contributed by atoms with Crippen molar-refractivity contribution in [1.29, 1.82) is 0 Å². The van der Waals surface area contributed by atoms with Crippen molar-refractivity contribution in [3.63, 3.8) is 0 Å². The number of sulfonamides is 1. The van der Waals surface area contributed by atoms with Crippen LogP contribution in [0.4, 0.5) is 0 Å². The van der Waals surface area contributed by atoms with E-state index in [1.807, 2.05) is 11.5 Å². The van der Waals surface area contributed by atoms with Crippen molar-refractivity contribution in [2.75, 3.05) is 12.4 Å². The van der Waals surface area contributed by atoms with Gasteiger partial charge in [0.05, 0.1) is 0 Å². The Morgan fingerprint density at radius 1 is 1.53 bits per heavy atom. The van der Waals surface area contributed by atoms with Crippen molar-refractivity contribution < 1.29 is 8.42 Å². The lowest BCUT2D eigenvalue weighted by Gasteiger charge is -2.19. The number of halogens is 1. The molecule has 0 saturated heterocycles. The summed E-state index contributed by atoms with van der Waals surface area (Å²) in [6.07, 6.45) is 4.43. The van der Waals surface area contributed by atoms with Crippen molar-refractivity contribution >= 4 is 21.6 Å². The van der Waals surface area contributed by atoms with E-state index in [9.17, 15) is 8.42 Å². The van der Waals surface area contributed by atoms with Gasteiger partial charge in [-0.3, -0.25) is 0 Å². The first kappa shape index (κ1) is 14.8. The average molecular weight is 306 g/mol. The highest BCUT2D eigenvalue weighted by Gasteiger charge is 2.38. The maximum absolute atomic E-state index is 12.6. The zero-order valence-corrected chi connectivity index (χ0v) is 12.9. The van der Waals surface area contributed by atoms with Gasteiger partial charge in [-0.1, -0.05) is 6.92 Å². The van der Waals surface area contributed by atoms with Gasteiger partial charge < -0.3 is 4.57 Å². The molecule has 19 heavy (non-hydrogen) atoms. The van der Waals surface area contributed by atoms with E-state index in [2.05, 4.69) is 11.9 Å². The first-order chi connectivity index (χ1) is 9.00. The number of imidazole rings is 1. The van der Waals surface area contributed by atoms with Gasteiger partial charge in [-0.25, -0.2) is 13.4 Å². The number of hydrogen-bond donors (Lipinski definition) is 0.